The van der Waals surface area contributed by atoms with Gasteiger partial charge in [-0.2, -0.15) is 0 Å². The molecule has 2 N–H and O–H groups in total. The van der Waals surface area contributed by atoms with Gasteiger partial charge in [-0.15, -0.1) is 0 Å². The van der Waals surface area contributed by atoms with E-state index in [9.17, 15) is 14.7 Å². The number of aromatic hydroxyl groups is 1. The smallest absolute Gasteiger partial charge is 0.340 e. The van der Waals surface area contributed by atoms with Crippen LogP contribution in [0.25, 0.3) is 22.0 Å². The molecule has 3 heterocycles. The summed E-state index contributed by atoms with van der Waals surface area (Å²) in [5, 5.41) is 15.2. The molecular weight excluding hydrogens is 526 g/mol. The highest BCUT2D eigenvalue weighted by Gasteiger charge is 2.31. The van der Waals surface area contributed by atoms with Crippen molar-refractivity contribution in [3.63, 3.8) is 0 Å². The van der Waals surface area contributed by atoms with Gasteiger partial charge in [0.25, 0.3) is 5.91 Å². The first-order valence-electron chi connectivity index (χ1n) is 15.3. The molecule has 2 aromatic heterocycles. The molecule has 4 aromatic rings. The topological polar surface area (TPSA) is 93.4 Å². The van der Waals surface area contributed by atoms with Gasteiger partial charge >= 0.3 is 5.97 Å². The summed E-state index contributed by atoms with van der Waals surface area (Å²) >= 11 is 0. The molecule has 2 aromatic carbocycles. The zero-order chi connectivity index (χ0) is 29.4. The maximum atomic E-state index is 13.5. The van der Waals surface area contributed by atoms with Crippen LogP contribution in [-0.2, 0) is 30.5 Å². The van der Waals surface area contributed by atoms with E-state index in [1.165, 1.54) is 11.1 Å². The Morgan fingerprint density at radius 1 is 1.12 bits per heavy atom. The number of benzene rings is 2. The Hall–Kier alpha value is -4.13. The Bertz CT molecular complexity index is 1650. The molecule has 0 fully saturated rings. The average molecular weight is 566 g/mol. The first kappa shape index (κ1) is 28.0. The summed E-state index contributed by atoms with van der Waals surface area (Å²) < 4.78 is 7.48. The molecule has 218 valence electrons. The molecule has 0 saturated heterocycles. The molecule has 7 heteroatoms. The van der Waals surface area contributed by atoms with Crippen LogP contribution in [-0.4, -0.2) is 33.1 Å². The van der Waals surface area contributed by atoms with Gasteiger partial charge in [-0.3, -0.25) is 4.79 Å². The SMILES string of the molecule is CCOC(=O)c1c(CCCC(C)C)nc2c3n(c(O)c2c1-c1ccc(C(=O)N[C@@H]2CCc4ccccc42)cc1)CCC3. The first-order chi connectivity index (χ1) is 20.4. The normalized spacial score (nSPS) is 15.7. The standard InChI is InChI=1S/C35H39N3O4/c1-4-42-35(41)30-27(12-7-9-21(2)3)36-32-28-13-8-20-38(28)34(40)31(32)29(30)23-14-16-24(17-15-23)33(39)37-26-19-18-22-10-5-6-11-25(22)26/h5-6,10-11,14-17,21,26,40H,4,7-9,12-13,18-20H2,1-3H3,(H,37,39)/t26-/m1/s1. The summed E-state index contributed by atoms with van der Waals surface area (Å²) in [6.45, 7) is 7.14. The van der Waals surface area contributed by atoms with Gasteiger partial charge in [-0.05, 0) is 80.2 Å². The van der Waals surface area contributed by atoms with Gasteiger partial charge in [-0.1, -0.05) is 56.7 Å². The van der Waals surface area contributed by atoms with Crippen molar-refractivity contribution in [3.05, 3.63) is 82.2 Å². The number of carbonyl (C=O) groups excluding carboxylic acids is 2. The molecule has 1 aliphatic carbocycles. The van der Waals surface area contributed by atoms with Crippen LogP contribution in [0.1, 0.15) is 95.7 Å². The van der Waals surface area contributed by atoms with E-state index in [1.807, 2.05) is 28.8 Å². The number of nitrogens with zero attached hydrogens (tertiary/aromatic N) is 2. The summed E-state index contributed by atoms with van der Waals surface area (Å²) in [6, 6.07) is 15.6. The van der Waals surface area contributed by atoms with Crippen LogP contribution in [0.4, 0.5) is 0 Å². The van der Waals surface area contributed by atoms with Crippen LogP contribution >= 0.6 is 0 Å². The molecule has 1 aliphatic heterocycles. The van der Waals surface area contributed by atoms with E-state index >= 15 is 0 Å². The van der Waals surface area contributed by atoms with Crippen molar-refractivity contribution in [2.75, 3.05) is 6.61 Å². The van der Waals surface area contributed by atoms with Crippen molar-refractivity contribution >= 4 is 22.8 Å². The van der Waals surface area contributed by atoms with Crippen molar-refractivity contribution in [1.29, 1.82) is 0 Å². The zero-order valence-corrected chi connectivity index (χ0v) is 24.7. The number of fused-ring (bicyclic) bond motifs is 4. The lowest BCUT2D eigenvalue weighted by Crippen LogP contribution is -2.27. The maximum Gasteiger partial charge on any atom is 0.340 e. The Morgan fingerprint density at radius 2 is 1.90 bits per heavy atom. The highest BCUT2D eigenvalue weighted by Crippen LogP contribution is 2.44. The summed E-state index contributed by atoms with van der Waals surface area (Å²) in [7, 11) is 0. The van der Waals surface area contributed by atoms with Gasteiger partial charge in [-0.25, -0.2) is 9.78 Å². The second-order valence-electron chi connectivity index (χ2n) is 11.9. The third-order valence-electron chi connectivity index (χ3n) is 8.69. The quantitative estimate of drug-likeness (QED) is 0.215. The van der Waals surface area contributed by atoms with E-state index < -0.39 is 5.97 Å². The van der Waals surface area contributed by atoms with Crippen molar-refractivity contribution in [3.8, 4) is 17.0 Å². The predicted octanol–water partition coefficient (Wildman–Crippen LogP) is 6.93. The minimum absolute atomic E-state index is 0.00214. The fourth-order valence-corrected chi connectivity index (χ4v) is 6.66. The molecule has 0 radical (unpaired) electrons. The Balaban J connectivity index is 1.41. The fourth-order valence-electron chi connectivity index (χ4n) is 6.66. The number of aryl methyl sites for hydroxylation is 3. The summed E-state index contributed by atoms with van der Waals surface area (Å²) in [5.74, 6) is 0.113. The number of pyridine rings is 1. The number of ether oxygens (including phenoxy) is 1. The summed E-state index contributed by atoms with van der Waals surface area (Å²) in [4.78, 5) is 31.8. The molecule has 1 atom stereocenters. The minimum Gasteiger partial charge on any atom is -0.494 e. The lowest BCUT2D eigenvalue weighted by atomic mass is 9.92. The molecular formula is C35H39N3O4. The molecule has 2 aliphatic rings. The number of hydrogen-bond donors (Lipinski definition) is 2. The van der Waals surface area contributed by atoms with Crippen LogP contribution in [0.3, 0.4) is 0 Å². The fraction of sp³-hybridized carbons (Fsp3) is 0.400. The number of rotatable bonds is 9. The summed E-state index contributed by atoms with van der Waals surface area (Å²) in [6.07, 6.45) is 6.19. The average Bonchev–Trinajstić information content (AvgIpc) is 3.69. The largest absolute Gasteiger partial charge is 0.494 e. The summed E-state index contributed by atoms with van der Waals surface area (Å²) in [5.41, 5.74) is 7.29. The molecule has 0 saturated carbocycles. The zero-order valence-electron chi connectivity index (χ0n) is 24.7. The van der Waals surface area contributed by atoms with Gasteiger partial charge in [0.2, 0.25) is 5.88 Å². The van der Waals surface area contributed by atoms with Gasteiger partial charge in [0.05, 0.1) is 34.8 Å². The monoisotopic (exact) mass is 565 g/mol. The van der Waals surface area contributed by atoms with Gasteiger partial charge in [0, 0.05) is 23.4 Å². The van der Waals surface area contributed by atoms with Crippen molar-refractivity contribution < 1.29 is 19.4 Å². The highest BCUT2D eigenvalue weighted by molar-refractivity contribution is 6.11. The Labute approximate surface area is 246 Å². The van der Waals surface area contributed by atoms with Crippen LogP contribution in [0.15, 0.2) is 48.5 Å². The molecule has 42 heavy (non-hydrogen) atoms. The highest BCUT2D eigenvalue weighted by atomic mass is 16.5. The molecule has 7 nitrogen and oxygen atoms in total. The second-order valence-corrected chi connectivity index (χ2v) is 11.9. The number of aromatic nitrogens is 2. The molecule has 0 spiro atoms. The third kappa shape index (κ3) is 5.06. The van der Waals surface area contributed by atoms with E-state index in [0.717, 1.165) is 61.8 Å². The lowest BCUT2D eigenvalue weighted by molar-refractivity contribution is 0.0525. The number of amides is 1. The van der Waals surface area contributed by atoms with Crippen molar-refractivity contribution in [1.82, 2.24) is 14.9 Å². The third-order valence-corrected chi connectivity index (χ3v) is 8.69. The van der Waals surface area contributed by atoms with Crippen molar-refractivity contribution in [2.45, 2.75) is 78.3 Å². The van der Waals surface area contributed by atoms with Gasteiger partial charge in [0.15, 0.2) is 0 Å². The Kier molecular flexibility index (Phi) is 7.76. The lowest BCUT2D eigenvalue weighted by Gasteiger charge is -2.17. The van der Waals surface area contributed by atoms with E-state index in [1.54, 1.807) is 19.1 Å². The molecule has 6 rings (SSSR count). The van der Waals surface area contributed by atoms with E-state index in [-0.39, 0.29) is 24.4 Å². The van der Waals surface area contributed by atoms with Crippen molar-refractivity contribution in [2.24, 2.45) is 5.92 Å². The van der Waals surface area contributed by atoms with Crippen LogP contribution in [0.5, 0.6) is 5.88 Å². The maximum absolute atomic E-state index is 13.5. The van der Waals surface area contributed by atoms with E-state index in [0.29, 0.717) is 40.1 Å². The minimum atomic E-state index is -0.436. The van der Waals surface area contributed by atoms with Gasteiger partial charge in [0.1, 0.15) is 0 Å². The van der Waals surface area contributed by atoms with Gasteiger partial charge < -0.3 is 19.7 Å². The van der Waals surface area contributed by atoms with Crippen LogP contribution in [0, 0.1) is 5.92 Å². The number of esters is 1. The number of carbonyl (C=O) groups is 2. The van der Waals surface area contributed by atoms with E-state index in [2.05, 4.69) is 31.3 Å². The number of hydrogen-bond acceptors (Lipinski definition) is 5. The Morgan fingerprint density at radius 3 is 2.67 bits per heavy atom. The molecule has 0 unspecified atom stereocenters. The predicted molar refractivity (Wildman–Crippen MR) is 164 cm³/mol. The van der Waals surface area contributed by atoms with Crippen LogP contribution in [0.2, 0.25) is 0 Å². The first-order valence-corrected chi connectivity index (χ1v) is 15.3. The second kappa shape index (κ2) is 11.6. The molecule has 1 amide bonds. The van der Waals surface area contributed by atoms with Crippen LogP contribution < -0.4 is 5.32 Å². The van der Waals surface area contributed by atoms with E-state index in [4.69, 9.17) is 9.72 Å². The molecule has 0 bridgehead atoms. The number of nitrogens with one attached hydrogen (secondary N) is 1.